The van der Waals surface area contributed by atoms with E-state index in [1.807, 2.05) is 0 Å². The highest BCUT2D eigenvalue weighted by atomic mass is 16.7. The number of hydrogen-bond acceptors (Lipinski definition) is 2. The Balaban J connectivity index is 2.03. The molecule has 0 N–H and O–H groups in total. The Morgan fingerprint density at radius 2 is 1.62 bits per heavy atom. The van der Waals surface area contributed by atoms with Crippen LogP contribution in [0.1, 0.15) is 52.4 Å². The van der Waals surface area contributed by atoms with Gasteiger partial charge in [0.2, 0.25) is 0 Å². The monoisotopic (exact) mass is 184 g/mol. The Bertz CT molecular complexity index is 181. The van der Waals surface area contributed by atoms with Gasteiger partial charge in [-0.1, -0.05) is 6.42 Å². The van der Waals surface area contributed by atoms with E-state index < -0.39 is 0 Å². The average molecular weight is 184 g/mol. The molecule has 0 saturated carbocycles. The average Bonchev–Trinajstić information content (AvgIpc) is 2.30. The summed E-state index contributed by atoms with van der Waals surface area (Å²) < 4.78 is 11.9. The van der Waals surface area contributed by atoms with Gasteiger partial charge >= 0.3 is 0 Å². The first-order valence-electron chi connectivity index (χ1n) is 5.56. The maximum absolute atomic E-state index is 6.01. The lowest BCUT2D eigenvalue weighted by atomic mass is 10.1. The van der Waals surface area contributed by atoms with Gasteiger partial charge in [0, 0.05) is 12.8 Å². The minimum absolute atomic E-state index is 0.199. The predicted octanol–water partition coefficient (Wildman–Crippen LogP) is 2.86. The van der Waals surface area contributed by atoms with Gasteiger partial charge in [-0.25, -0.2) is 0 Å². The first-order chi connectivity index (χ1) is 6.20. The summed E-state index contributed by atoms with van der Waals surface area (Å²) in [5.41, 5.74) is 0. The van der Waals surface area contributed by atoms with E-state index in [9.17, 15) is 0 Å². The fraction of sp³-hybridized carbons (Fsp3) is 1.00. The molecule has 0 unspecified atom stereocenters. The van der Waals surface area contributed by atoms with Crippen molar-refractivity contribution in [2.75, 3.05) is 0 Å². The van der Waals surface area contributed by atoms with Crippen molar-refractivity contribution in [3.8, 4) is 0 Å². The number of rotatable bonds is 0. The third-order valence-electron chi connectivity index (χ3n) is 3.18. The molecule has 3 atom stereocenters. The molecule has 2 aliphatic rings. The lowest BCUT2D eigenvalue weighted by Gasteiger charge is -2.30. The normalized spacial score (nSPS) is 46.6. The zero-order chi connectivity index (χ0) is 9.31. The first-order valence-corrected chi connectivity index (χ1v) is 5.56. The molecule has 76 valence electrons. The van der Waals surface area contributed by atoms with E-state index in [1.54, 1.807) is 0 Å². The van der Waals surface area contributed by atoms with Crippen LogP contribution >= 0.6 is 0 Å². The quantitative estimate of drug-likeness (QED) is 0.576. The van der Waals surface area contributed by atoms with Crippen molar-refractivity contribution in [3.05, 3.63) is 0 Å². The molecule has 1 spiro atoms. The van der Waals surface area contributed by atoms with Gasteiger partial charge in [0.05, 0.1) is 12.2 Å². The van der Waals surface area contributed by atoms with Crippen molar-refractivity contribution in [3.63, 3.8) is 0 Å². The van der Waals surface area contributed by atoms with Crippen molar-refractivity contribution >= 4 is 0 Å². The summed E-state index contributed by atoms with van der Waals surface area (Å²) in [5, 5.41) is 0. The second kappa shape index (κ2) is 3.58. The fourth-order valence-corrected chi connectivity index (χ4v) is 2.49. The van der Waals surface area contributed by atoms with Crippen molar-refractivity contribution in [2.24, 2.45) is 0 Å². The lowest BCUT2D eigenvalue weighted by Crippen LogP contribution is -2.34. The third kappa shape index (κ3) is 2.05. The first kappa shape index (κ1) is 9.47. The van der Waals surface area contributed by atoms with Crippen molar-refractivity contribution in [2.45, 2.75) is 70.4 Å². The Hall–Kier alpha value is -0.0800. The minimum atomic E-state index is -0.199. The van der Waals surface area contributed by atoms with Gasteiger partial charge in [0.1, 0.15) is 0 Å². The second-order valence-corrected chi connectivity index (χ2v) is 4.55. The Kier molecular flexibility index (Phi) is 2.61. The van der Waals surface area contributed by atoms with Crippen LogP contribution in [-0.4, -0.2) is 18.0 Å². The fourth-order valence-electron chi connectivity index (χ4n) is 2.49. The summed E-state index contributed by atoms with van der Waals surface area (Å²) in [6.07, 6.45) is 7.88. The third-order valence-corrected chi connectivity index (χ3v) is 3.18. The van der Waals surface area contributed by atoms with Crippen molar-refractivity contribution < 1.29 is 9.47 Å². The van der Waals surface area contributed by atoms with Gasteiger partial charge < -0.3 is 9.47 Å². The molecule has 0 aromatic rings. The van der Waals surface area contributed by atoms with Crippen LogP contribution in [0.3, 0.4) is 0 Å². The van der Waals surface area contributed by atoms with E-state index in [4.69, 9.17) is 9.47 Å². The molecule has 2 aliphatic heterocycles. The van der Waals surface area contributed by atoms with E-state index in [0.29, 0.717) is 12.2 Å². The van der Waals surface area contributed by atoms with Crippen LogP contribution in [0.15, 0.2) is 0 Å². The molecular weight excluding hydrogens is 164 g/mol. The van der Waals surface area contributed by atoms with Crippen LogP contribution in [0.2, 0.25) is 0 Å². The number of hydrogen-bond donors (Lipinski definition) is 0. The smallest absolute Gasteiger partial charge is 0.169 e. The maximum atomic E-state index is 6.01. The molecule has 0 aliphatic carbocycles. The van der Waals surface area contributed by atoms with Crippen LogP contribution in [0.5, 0.6) is 0 Å². The zero-order valence-electron chi connectivity index (χ0n) is 8.71. The Morgan fingerprint density at radius 3 is 2.31 bits per heavy atom. The summed E-state index contributed by atoms with van der Waals surface area (Å²) in [5.74, 6) is -0.199. The highest BCUT2D eigenvalue weighted by molar-refractivity contribution is 4.82. The van der Waals surface area contributed by atoms with Gasteiger partial charge in [-0.2, -0.15) is 0 Å². The summed E-state index contributed by atoms with van der Waals surface area (Å²) in [4.78, 5) is 0. The van der Waals surface area contributed by atoms with Crippen LogP contribution < -0.4 is 0 Å². The van der Waals surface area contributed by atoms with Crippen LogP contribution in [0.25, 0.3) is 0 Å². The Labute approximate surface area is 80.6 Å². The molecule has 2 saturated heterocycles. The van der Waals surface area contributed by atoms with Crippen LogP contribution in [-0.2, 0) is 9.47 Å². The van der Waals surface area contributed by atoms with Gasteiger partial charge in [-0.15, -0.1) is 0 Å². The summed E-state index contributed by atoms with van der Waals surface area (Å²) >= 11 is 0. The minimum Gasteiger partial charge on any atom is -0.347 e. The molecule has 0 amide bonds. The molecule has 0 aromatic heterocycles. The highest BCUT2D eigenvalue weighted by Crippen LogP contribution is 2.39. The molecule has 2 rings (SSSR count). The highest BCUT2D eigenvalue weighted by Gasteiger charge is 2.41. The molecule has 2 heteroatoms. The SMILES string of the molecule is C[C@@H]1CCCC[C@@]2(CC[C@@H](C)O2)O1. The van der Waals surface area contributed by atoms with Crippen LogP contribution in [0.4, 0.5) is 0 Å². The van der Waals surface area contributed by atoms with Gasteiger partial charge in [-0.3, -0.25) is 0 Å². The number of ether oxygens (including phenoxy) is 2. The molecule has 0 radical (unpaired) electrons. The van der Waals surface area contributed by atoms with E-state index in [1.165, 1.54) is 19.3 Å². The van der Waals surface area contributed by atoms with Gasteiger partial charge in [0.15, 0.2) is 5.79 Å². The zero-order valence-corrected chi connectivity index (χ0v) is 8.71. The van der Waals surface area contributed by atoms with E-state index >= 15 is 0 Å². The second-order valence-electron chi connectivity index (χ2n) is 4.55. The molecule has 13 heavy (non-hydrogen) atoms. The van der Waals surface area contributed by atoms with Crippen molar-refractivity contribution in [1.29, 1.82) is 0 Å². The van der Waals surface area contributed by atoms with Gasteiger partial charge in [-0.05, 0) is 33.1 Å². The standard InChI is InChI=1S/C11H20O2/c1-9-5-3-4-7-11(12-9)8-6-10(2)13-11/h9-10H,3-8H2,1-2H3/t9-,10-,11-/m1/s1. The van der Waals surface area contributed by atoms with E-state index in [-0.39, 0.29) is 5.79 Å². The molecule has 0 aromatic carbocycles. The predicted molar refractivity (Wildman–Crippen MR) is 51.5 cm³/mol. The van der Waals surface area contributed by atoms with Crippen LogP contribution in [0, 0.1) is 0 Å². The molecule has 2 heterocycles. The largest absolute Gasteiger partial charge is 0.347 e. The summed E-state index contributed by atoms with van der Waals surface area (Å²) in [6, 6.07) is 0. The lowest BCUT2D eigenvalue weighted by molar-refractivity contribution is -0.242. The Morgan fingerprint density at radius 1 is 0.923 bits per heavy atom. The van der Waals surface area contributed by atoms with Crippen molar-refractivity contribution in [1.82, 2.24) is 0 Å². The summed E-state index contributed by atoms with van der Waals surface area (Å²) in [7, 11) is 0. The van der Waals surface area contributed by atoms with E-state index in [0.717, 1.165) is 19.3 Å². The molecule has 0 bridgehead atoms. The molecule has 2 nitrogen and oxygen atoms in total. The maximum Gasteiger partial charge on any atom is 0.169 e. The summed E-state index contributed by atoms with van der Waals surface area (Å²) in [6.45, 7) is 4.31. The molecule has 2 fully saturated rings. The van der Waals surface area contributed by atoms with Gasteiger partial charge in [0.25, 0.3) is 0 Å². The van der Waals surface area contributed by atoms with E-state index in [2.05, 4.69) is 13.8 Å². The molecular formula is C11H20O2. The topological polar surface area (TPSA) is 18.5 Å².